The second-order valence-electron chi connectivity index (χ2n) is 4.21. The summed E-state index contributed by atoms with van der Waals surface area (Å²) in [7, 11) is 0. The molecule has 2 heterocycles. The molecule has 22 heavy (non-hydrogen) atoms. The number of thiophene rings is 1. The van der Waals surface area contributed by atoms with E-state index in [1.807, 2.05) is 6.07 Å². The third kappa shape index (κ3) is 3.53. The molecule has 2 aromatic rings. The topological polar surface area (TPSA) is 74.9 Å². The molecule has 114 valence electrons. The number of hydrogen-bond acceptors (Lipinski definition) is 4. The first-order valence-corrected chi connectivity index (χ1v) is 6.74. The first-order chi connectivity index (χ1) is 10.3. The Hall–Kier alpha value is -2.60. The highest BCUT2D eigenvalue weighted by atomic mass is 32.1. The fourth-order valence-electron chi connectivity index (χ4n) is 1.64. The first kappa shape index (κ1) is 15.8. The number of rotatable bonds is 3. The summed E-state index contributed by atoms with van der Waals surface area (Å²) in [6.45, 7) is -0.578. The zero-order chi connectivity index (χ0) is 16.3. The van der Waals surface area contributed by atoms with E-state index in [0.29, 0.717) is 16.8 Å². The number of alkyl halides is 3. The average Bonchev–Trinajstić information content (AvgIpc) is 2.87. The molecule has 5 nitrogen and oxygen atoms in total. The molecule has 0 atom stereocenters. The highest BCUT2D eigenvalue weighted by Crippen LogP contribution is 2.28. The largest absolute Gasteiger partial charge is 0.417 e. The zero-order valence-electron chi connectivity index (χ0n) is 10.8. The van der Waals surface area contributed by atoms with Crippen molar-refractivity contribution < 1.29 is 18.0 Å². The van der Waals surface area contributed by atoms with Crippen LogP contribution in [0.4, 0.5) is 18.2 Å². The molecular weight excluding hydrogens is 319 g/mol. The minimum absolute atomic E-state index is 0.245. The van der Waals surface area contributed by atoms with E-state index in [2.05, 4.69) is 5.32 Å². The molecule has 0 saturated carbocycles. The maximum absolute atomic E-state index is 12.6. The number of amides is 1. The van der Waals surface area contributed by atoms with Crippen molar-refractivity contribution in [1.82, 2.24) is 4.57 Å². The molecule has 1 N–H and O–H groups in total. The lowest BCUT2D eigenvalue weighted by atomic mass is 10.2. The van der Waals surface area contributed by atoms with Gasteiger partial charge in [0.15, 0.2) is 0 Å². The van der Waals surface area contributed by atoms with Crippen molar-refractivity contribution in [1.29, 1.82) is 5.26 Å². The van der Waals surface area contributed by atoms with Gasteiger partial charge in [-0.1, -0.05) is 0 Å². The Labute approximate surface area is 126 Å². The SMILES string of the molecule is N#Cc1ccsc1NC(=O)Cn1cc(C(F)(F)F)ccc1=O. The van der Waals surface area contributed by atoms with Crippen LogP contribution < -0.4 is 10.9 Å². The number of hydrogen-bond donors (Lipinski definition) is 1. The Bertz CT molecular complexity index is 802. The summed E-state index contributed by atoms with van der Waals surface area (Å²) in [5.74, 6) is -0.694. The van der Waals surface area contributed by atoms with Gasteiger partial charge in [-0.3, -0.25) is 9.59 Å². The number of nitrogens with zero attached hydrogens (tertiary/aromatic N) is 2. The van der Waals surface area contributed by atoms with Crippen molar-refractivity contribution in [3.05, 3.63) is 51.3 Å². The first-order valence-electron chi connectivity index (χ1n) is 5.86. The Balaban J connectivity index is 2.19. The van der Waals surface area contributed by atoms with Crippen LogP contribution in [0.25, 0.3) is 0 Å². The van der Waals surface area contributed by atoms with Crippen LogP contribution in [0.15, 0.2) is 34.6 Å². The summed E-state index contributed by atoms with van der Waals surface area (Å²) >= 11 is 1.10. The van der Waals surface area contributed by atoms with Crippen molar-refractivity contribution in [3.8, 4) is 6.07 Å². The molecule has 2 aromatic heterocycles. The number of nitriles is 1. The molecule has 0 aromatic carbocycles. The fourth-order valence-corrected chi connectivity index (χ4v) is 2.39. The van der Waals surface area contributed by atoms with Gasteiger partial charge >= 0.3 is 6.18 Å². The van der Waals surface area contributed by atoms with Crippen LogP contribution in [0.2, 0.25) is 0 Å². The van der Waals surface area contributed by atoms with Crippen LogP contribution in [-0.2, 0) is 17.5 Å². The number of halogens is 3. The van der Waals surface area contributed by atoms with Crippen molar-refractivity contribution in [2.75, 3.05) is 5.32 Å². The van der Waals surface area contributed by atoms with Gasteiger partial charge in [0.2, 0.25) is 5.91 Å². The van der Waals surface area contributed by atoms with Gasteiger partial charge in [0.1, 0.15) is 17.6 Å². The van der Waals surface area contributed by atoms with Crippen molar-refractivity contribution in [3.63, 3.8) is 0 Å². The van der Waals surface area contributed by atoms with E-state index < -0.39 is 29.8 Å². The number of pyridine rings is 1. The highest BCUT2D eigenvalue weighted by molar-refractivity contribution is 7.14. The van der Waals surface area contributed by atoms with Gasteiger partial charge in [-0.2, -0.15) is 18.4 Å². The standard InChI is InChI=1S/C13H8F3N3O2S/c14-13(15,16)9-1-2-11(21)19(6-9)7-10(20)18-12-8(5-17)3-4-22-12/h1-4,6H,7H2,(H,18,20). The van der Waals surface area contributed by atoms with E-state index in [1.54, 1.807) is 5.38 Å². The lowest BCUT2D eigenvalue weighted by Gasteiger charge is -2.10. The van der Waals surface area contributed by atoms with E-state index in [-0.39, 0.29) is 10.6 Å². The second-order valence-corrected chi connectivity index (χ2v) is 5.12. The maximum Gasteiger partial charge on any atom is 0.417 e. The number of carbonyl (C=O) groups excluding carboxylic acids is 1. The summed E-state index contributed by atoms with van der Waals surface area (Å²) in [5, 5.41) is 13.1. The molecule has 0 radical (unpaired) electrons. The second kappa shape index (κ2) is 6.03. The minimum Gasteiger partial charge on any atom is -0.315 e. The van der Waals surface area contributed by atoms with E-state index >= 15 is 0 Å². The van der Waals surface area contributed by atoms with Crippen molar-refractivity contribution >= 4 is 22.2 Å². The monoisotopic (exact) mass is 327 g/mol. The van der Waals surface area contributed by atoms with Gasteiger partial charge in [0.25, 0.3) is 5.56 Å². The van der Waals surface area contributed by atoms with Crippen LogP contribution in [-0.4, -0.2) is 10.5 Å². The molecule has 2 rings (SSSR count). The molecule has 0 aliphatic carbocycles. The third-order valence-electron chi connectivity index (χ3n) is 2.66. The van der Waals surface area contributed by atoms with Gasteiger partial charge in [-0.25, -0.2) is 0 Å². The Morgan fingerprint density at radius 2 is 2.09 bits per heavy atom. The maximum atomic E-state index is 12.6. The van der Waals surface area contributed by atoms with Crippen LogP contribution in [0.3, 0.4) is 0 Å². The number of aromatic nitrogens is 1. The number of carbonyl (C=O) groups is 1. The van der Waals surface area contributed by atoms with Gasteiger partial charge < -0.3 is 9.88 Å². The Morgan fingerprint density at radius 3 is 2.73 bits per heavy atom. The van der Waals surface area contributed by atoms with E-state index in [1.165, 1.54) is 6.07 Å². The lowest BCUT2D eigenvalue weighted by molar-refractivity contribution is -0.138. The molecule has 0 saturated heterocycles. The van der Waals surface area contributed by atoms with Crippen molar-refractivity contribution in [2.45, 2.75) is 12.7 Å². The molecule has 9 heteroatoms. The third-order valence-corrected chi connectivity index (χ3v) is 3.49. The molecule has 0 aliphatic heterocycles. The molecule has 1 amide bonds. The zero-order valence-corrected chi connectivity index (χ0v) is 11.7. The lowest BCUT2D eigenvalue weighted by Crippen LogP contribution is -2.28. The normalized spacial score (nSPS) is 11.0. The van der Waals surface area contributed by atoms with E-state index in [4.69, 9.17) is 5.26 Å². The van der Waals surface area contributed by atoms with Gasteiger partial charge in [0.05, 0.1) is 11.1 Å². The average molecular weight is 327 g/mol. The summed E-state index contributed by atoms with van der Waals surface area (Å²) < 4.78 is 38.4. The van der Waals surface area contributed by atoms with Gasteiger partial charge in [-0.15, -0.1) is 11.3 Å². The molecule has 0 bridgehead atoms. The van der Waals surface area contributed by atoms with Crippen LogP contribution in [0.1, 0.15) is 11.1 Å². The predicted octanol–water partition coefficient (Wildman–Crippen LogP) is 2.44. The van der Waals surface area contributed by atoms with Crippen molar-refractivity contribution in [2.24, 2.45) is 0 Å². The Kier molecular flexibility index (Phi) is 4.32. The van der Waals surface area contributed by atoms with Gasteiger partial charge in [-0.05, 0) is 17.5 Å². The summed E-state index contributed by atoms with van der Waals surface area (Å²) in [6.07, 6.45) is -4.02. The number of anilines is 1. The minimum atomic E-state index is -4.60. The smallest absolute Gasteiger partial charge is 0.315 e. The molecule has 0 spiro atoms. The molecule has 0 aliphatic rings. The highest BCUT2D eigenvalue weighted by Gasteiger charge is 2.31. The predicted molar refractivity (Wildman–Crippen MR) is 73.4 cm³/mol. The number of nitrogens with one attached hydrogen (secondary N) is 1. The quantitative estimate of drug-likeness (QED) is 0.941. The summed E-state index contributed by atoms with van der Waals surface area (Å²) in [4.78, 5) is 23.3. The van der Waals surface area contributed by atoms with Crippen LogP contribution >= 0.6 is 11.3 Å². The summed E-state index contributed by atoms with van der Waals surface area (Å²) in [6, 6.07) is 4.77. The molecule has 0 unspecified atom stereocenters. The van der Waals surface area contributed by atoms with Crippen LogP contribution in [0.5, 0.6) is 0 Å². The van der Waals surface area contributed by atoms with Gasteiger partial charge in [0, 0.05) is 12.3 Å². The Morgan fingerprint density at radius 1 is 1.36 bits per heavy atom. The van der Waals surface area contributed by atoms with Crippen LogP contribution in [0, 0.1) is 11.3 Å². The summed E-state index contributed by atoms with van der Waals surface area (Å²) in [5.41, 5.74) is -1.50. The molecule has 0 fully saturated rings. The molecular formula is C13H8F3N3O2S. The fraction of sp³-hybridized carbons (Fsp3) is 0.154. The van der Waals surface area contributed by atoms with E-state index in [0.717, 1.165) is 17.4 Å². The van der Waals surface area contributed by atoms with E-state index in [9.17, 15) is 22.8 Å².